The van der Waals surface area contributed by atoms with E-state index in [-0.39, 0.29) is 11.3 Å². The molecule has 0 saturated carbocycles. The molecule has 5 nitrogen and oxygen atoms in total. The summed E-state index contributed by atoms with van der Waals surface area (Å²) in [6.07, 6.45) is 0. The van der Waals surface area contributed by atoms with Gasteiger partial charge in [-0.3, -0.25) is 4.79 Å². The average Bonchev–Trinajstić information content (AvgIpc) is 2.69. The Morgan fingerprint density at radius 1 is 0.929 bits per heavy atom. The highest BCUT2D eigenvalue weighted by Gasteiger charge is 2.14. The van der Waals surface area contributed by atoms with Gasteiger partial charge in [-0.1, -0.05) is 32.9 Å². The number of nitrogens with one attached hydrogen (secondary N) is 1. The molecule has 1 N–H and O–H groups in total. The first-order chi connectivity index (χ1) is 13.3. The summed E-state index contributed by atoms with van der Waals surface area (Å²) in [5.41, 5.74) is 2.23. The second-order valence-corrected chi connectivity index (χ2v) is 8.41. The Hall–Kier alpha value is -2.34. The smallest absolute Gasteiger partial charge is 0.230 e. The van der Waals surface area contributed by atoms with Crippen molar-refractivity contribution in [1.29, 1.82) is 0 Å². The standard InChI is InChI=1S/C22H29NO4S/c1-22(2,3)16-7-9-17(10-8-16)28-14-21(24)23-13-15-11-19(26-5)20(27-6)12-18(15)25-4/h7-12H,13-14H2,1-6H3,(H,23,24). The third-order valence-electron chi connectivity index (χ3n) is 4.35. The fraction of sp³-hybridized carbons (Fsp3) is 0.409. The van der Waals surface area contributed by atoms with Crippen molar-refractivity contribution < 1.29 is 19.0 Å². The fourth-order valence-electron chi connectivity index (χ4n) is 2.68. The zero-order chi connectivity index (χ0) is 20.7. The first-order valence-electron chi connectivity index (χ1n) is 9.07. The Morgan fingerprint density at radius 3 is 2.04 bits per heavy atom. The number of hydrogen-bond donors (Lipinski definition) is 1. The summed E-state index contributed by atoms with van der Waals surface area (Å²) >= 11 is 1.52. The van der Waals surface area contributed by atoms with Gasteiger partial charge in [0.2, 0.25) is 5.91 Å². The molecule has 0 unspecified atom stereocenters. The Morgan fingerprint density at radius 2 is 1.50 bits per heavy atom. The number of benzene rings is 2. The molecule has 0 aliphatic carbocycles. The molecule has 2 aromatic carbocycles. The van der Waals surface area contributed by atoms with Crippen molar-refractivity contribution >= 4 is 17.7 Å². The number of rotatable bonds is 8. The summed E-state index contributed by atoms with van der Waals surface area (Å²) < 4.78 is 16.0. The summed E-state index contributed by atoms with van der Waals surface area (Å²) in [5, 5.41) is 2.93. The molecule has 0 spiro atoms. The van der Waals surface area contributed by atoms with Gasteiger partial charge in [0.25, 0.3) is 0 Å². The Labute approximate surface area is 171 Å². The number of hydrogen-bond acceptors (Lipinski definition) is 5. The summed E-state index contributed by atoms with van der Waals surface area (Å²) in [5.74, 6) is 2.14. The van der Waals surface area contributed by atoms with E-state index in [1.165, 1.54) is 17.3 Å². The van der Waals surface area contributed by atoms with Crippen LogP contribution in [-0.4, -0.2) is 33.0 Å². The van der Waals surface area contributed by atoms with Crippen LogP contribution >= 0.6 is 11.8 Å². The van der Waals surface area contributed by atoms with E-state index in [0.717, 1.165) is 10.5 Å². The van der Waals surface area contributed by atoms with Gasteiger partial charge in [-0.15, -0.1) is 11.8 Å². The maximum atomic E-state index is 12.3. The monoisotopic (exact) mass is 403 g/mol. The van der Waals surface area contributed by atoms with Gasteiger partial charge in [0.1, 0.15) is 5.75 Å². The molecule has 0 bridgehead atoms. The molecular formula is C22H29NO4S. The van der Waals surface area contributed by atoms with Gasteiger partial charge in [0.15, 0.2) is 11.5 Å². The van der Waals surface area contributed by atoms with Crippen molar-refractivity contribution in [2.45, 2.75) is 37.6 Å². The molecule has 0 radical (unpaired) electrons. The van der Waals surface area contributed by atoms with Gasteiger partial charge in [0, 0.05) is 23.1 Å². The minimum absolute atomic E-state index is 0.0401. The molecule has 0 aliphatic rings. The van der Waals surface area contributed by atoms with Crippen LogP contribution in [0.5, 0.6) is 17.2 Å². The first kappa shape index (κ1) is 22.0. The predicted octanol–water partition coefficient (Wildman–Crippen LogP) is 4.42. The summed E-state index contributed by atoms with van der Waals surface area (Å²) in [7, 11) is 4.74. The summed E-state index contributed by atoms with van der Waals surface area (Å²) in [4.78, 5) is 13.3. The maximum Gasteiger partial charge on any atom is 0.230 e. The molecule has 2 rings (SSSR count). The molecule has 2 aromatic rings. The molecule has 0 fully saturated rings. The lowest BCUT2D eigenvalue weighted by molar-refractivity contribution is -0.118. The lowest BCUT2D eigenvalue weighted by Gasteiger charge is -2.19. The van der Waals surface area contributed by atoms with Crippen molar-refractivity contribution in [3.05, 3.63) is 47.5 Å². The molecule has 152 valence electrons. The molecule has 0 aromatic heterocycles. The Bertz CT molecular complexity index is 797. The molecule has 0 atom stereocenters. The maximum absolute atomic E-state index is 12.3. The van der Waals surface area contributed by atoms with E-state index in [9.17, 15) is 4.79 Å². The third kappa shape index (κ3) is 5.83. The number of ether oxygens (including phenoxy) is 3. The normalized spacial score (nSPS) is 11.1. The zero-order valence-electron chi connectivity index (χ0n) is 17.4. The van der Waals surface area contributed by atoms with Crippen LogP contribution in [0, 0.1) is 0 Å². The highest BCUT2D eigenvalue weighted by atomic mass is 32.2. The fourth-order valence-corrected chi connectivity index (χ4v) is 3.40. The second kappa shape index (κ2) is 9.73. The minimum atomic E-state index is -0.0401. The van der Waals surface area contributed by atoms with Crippen molar-refractivity contribution in [3.63, 3.8) is 0 Å². The van der Waals surface area contributed by atoms with E-state index in [1.54, 1.807) is 27.4 Å². The first-order valence-corrected chi connectivity index (χ1v) is 10.1. The van der Waals surface area contributed by atoms with E-state index in [4.69, 9.17) is 14.2 Å². The van der Waals surface area contributed by atoms with Crippen molar-refractivity contribution in [3.8, 4) is 17.2 Å². The molecule has 0 heterocycles. The van der Waals surface area contributed by atoms with Gasteiger partial charge in [-0.25, -0.2) is 0 Å². The van der Waals surface area contributed by atoms with Crippen LogP contribution in [0.25, 0.3) is 0 Å². The molecule has 0 aliphatic heterocycles. The molecule has 28 heavy (non-hydrogen) atoms. The Kier molecular flexibility index (Phi) is 7.63. The highest BCUT2D eigenvalue weighted by molar-refractivity contribution is 8.00. The quantitative estimate of drug-likeness (QED) is 0.661. The number of thioether (sulfide) groups is 1. The number of carbonyl (C=O) groups excluding carboxylic acids is 1. The van der Waals surface area contributed by atoms with Crippen LogP contribution in [0.4, 0.5) is 0 Å². The van der Waals surface area contributed by atoms with Gasteiger partial charge < -0.3 is 19.5 Å². The van der Waals surface area contributed by atoms with Crippen LogP contribution in [0.1, 0.15) is 31.9 Å². The number of methoxy groups -OCH3 is 3. The number of carbonyl (C=O) groups is 1. The lowest BCUT2D eigenvalue weighted by atomic mass is 9.87. The lowest BCUT2D eigenvalue weighted by Crippen LogP contribution is -2.24. The van der Waals surface area contributed by atoms with E-state index in [0.29, 0.717) is 29.5 Å². The van der Waals surface area contributed by atoms with Crippen LogP contribution in [0.15, 0.2) is 41.3 Å². The average molecular weight is 404 g/mol. The molecule has 6 heteroatoms. The van der Waals surface area contributed by atoms with Crippen LogP contribution in [0.2, 0.25) is 0 Å². The summed E-state index contributed by atoms with van der Waals surface area (Å²) in [6.45, 7) is 6.91. The van der Waals surface area contributed by atoms with Gasteiger partial charge in [-0.2, -0.15) is 0 Å². The van der Waals surface area contributed by atoms with Crippen LogP contribution in [0.3, 0.4) is 0 Å². The van der Waals surface area contributed by atoms with Gasteiger partial charge in [-0.05, 0) is 29.2 Å². The highest BCUT2D eigenvalue weighted by Crippen LogP contribution is 2.34. The largest absolute Gasteiger partial charge is 0.496 e. The molecule has 0 saturated heterocycles. The predicted molar refractivity (Wildman–Crippen MR) is 114 cm³/mol. The van der Waals surface area contributed by atoms with Gasteiger partial charge >= 0.3 is 0 Å². The van der Waals surface area contributed by atoms with E-state index in [1.807, 2.05) is 6.07 Å². The second-order valence-electron chi connectivity index (χ2n) is 7.36. The SMILES string of the molecule is COc1cc(OC)c(OC)cc1CNC(=O)CSc1ccc(C(C)(C)C)cc1. The van der Waals surface area contributed by atoms with Crippen molar-refractivity contribution in [2.24, 2.45) is 0 Å². The Balaban J connectivity index is 1.94. The summed E-state index contributed by atoms with van der Waals surface area (Å²) in [6, 6.07) is 11.9. The van der Waals surface area contributed by atoms with E-state index >= 15 is 0 Å². The van der Waals surface area contributed by atoms with Crippen molar-refractivity contribution in [2.75, 3.05) is 27.1 Å². The zero-order valence-corrected chi connectivity index (χ0v) is 18.2. The van der Waals surface area contributed by atoms with Crippen molar-refractivity contribution in [1.82, 2.24) is 5.32 Å². The third-order valence-corrected chi connectivity index (χ3v) is 5.36. The minimum Gasteiger partial charge on any atom is -0.496 e. The van der Waals surface area contributed by atoms with Crippen LogP contribution in [-0.2, 0) is 16.8 Å². The van der Waals surface area contributed by atoms with Gasteiger partial charge in [0.05, 0.1) is 27.1 Å². The number of amides is 1. The topological polar surface area (TPSA) is 56.8 Å². The molecular weight excluding hydrogens is 374 g/mol. The van der Waals surface area contributed by atoms with Crippen LogP contribution < -0.4 is 19.5 Å². The van der Waals surface area contributed by atoms with E-state index in [2.05, 4.69) is 50.4 Å². The molecule has 1 amide bonds. The van der Waals surface area contributed by atoms with E-state index < -0.39 is 0 Å².